The molecule has 132 valence electrons. The van der Waals surface area contributed by atoms with E-state index in [1.807, 2.05) is 48.5 Å². The largest absolute Gasteiger partial charge is 0.497 e. The van der Waals surface area contributed by atoms with E-state index in [1.165, 1.54) is 5.56 Å². The zero-order valence-electron chi connectivity index (χ0n) is 14.6. The van der Waals surface area contributed by atoms with Gasteiger partial charge in [-0.1, -0.05) is 30.3 Å². The molecule has 0 aliphatic carbocycles. The predicted molar refractivity (Wildman–Crippen MR) is 102 cm³/mol. The van der Waals surface area contributed by atoms with Gasteiger partial charge >= 0.3 is 0 Å². The van der Waals surface area contributed by atoms with Crippen LogP contribution in [0.15, 0.2) is 66.7 Å². The fourth-order valence-electron chi connectivity index (χ4n) is 3.20. The summed E-state index contributed by atoms with van der Waals surface area (Å²) in [7, 11) is 1.61. The van der Waals surface area contributed by atoms with Crippen molar-refractivity contribution in [2.45, 2.75) is 18.9 Å². The number of methoxy groups -OCH3 is 1. The van der Waals surface area contributed by atoms with Gasteiger partial charge in [-0.05, 0) is 54.3 Å². The summed E-state index contributed by atoms with van der Waals surface area (Å²) in [5.41, 5.74) is 8.95. The van der Waals surface area contributed by atoms with Gasteiger partial charge in [0.2, 0.25) is 0 Å². The molecule has 0 amide bonds. The van der Waals surface area contributed by atoms with Crippen LogP contribution in [0.25, 0.3) is 0 Å². The van der Waals surface area contributed by atoms with Crippen molar-refractivity contribution < 1.29 is 14.2 Å². The molecule has 0 aromatic heterocycles. The SMILES string of the molecule is COc1ccc(Oc2ccc3c(c2)CCC(c2ccccc2)O3)c(N)c1. The maximum Gasteiger partial charge on any atom is 0.150 e. The van der Waals surface area contributed by atoms with Gasteiger partial charge in [0.15, 0.2) is 5.75 Å². The van der Waals surface area contributed by atoms with Gasteiger partial charge in [0.05, 0.1) is 12.8 Å². The predicted octanol–water partition coefficient (Wildman–Crippen LogP) is 5.14. The van der Waals surface area contributed by atoms with Crippen LogP contribution in [0.1, 0.15) is 23.7 Å². The first-order chi connectivity index (χ1) is 12.7. The van der Waals surface area contributed by atoms with E-state index in [2.05, 4.69) is 12.1 Å². The summed E-state index contributed by atoms with van der Waals surface area (Å²) in [6.45, 7) is 0. The molecule has 0 radical (unpaired) electrons. The quantitative estimate of drug-likeness (QED) is 0.664. The lowest BCUT2D eigenvalue weighted by molar-refractivity contribution is 0.176. The second kappa shape index (κ2) is 7.00. The first-order valence-corrected chi connectivity index (χ1v) is 8.69. The zero-order chi connectivity index (χ0) is 17.9. The zero-order valence-corrected chi connectivity index (χ0v) is 14.6. The second-order valence-corrected chi connectivity index (χ2v) is 6.33. The Morgan fingerprint density at radius 3 is 2.54 bits per heavy atom. The summed E-state index contributed by atoms with van der Waals surface area (Å²) in [5, 5.41) is 0. The van der Waals surface area contributed by atoms with Gasteiger partial charge in [-0.15, -0.1) is 0 Å². The van der Waals surface area contributed by atoms with Gasteiger partial charge in [0.25, 0.3) is 0 Å². The molecule has 4 rings (SSSR count). The number of nitrogen functional groups attached to an aromatic ring is 1. The van der Waals surface area contributed by atoms with Crippen molar-refractivity contribution in [2.24, 2.45) is 0 Å². The summed E-state index contributed by atoms with van der Waals surface area (Å²) in [5.74, 6) is 2.99. The van der Waals surface area contributed by atoms with Gasteiger partial charge in [0, 0.05) is 6.07 Å². The number of aryl methyl sites for hydroxylation is 1. The van der Waals surface area contributed by atoms with E-state index in [0.29, 0.717) is 17.2 Å². The summed E-state index contributed by atoms with van der Waals surface area (Å²) >= 11 is 0. The Labute approximate surface area is 153 Å². The van der Waals surface area contributed by atoms with Crippen LogP contribution < -0.4 is 19.9 Å². The first kappa shape index (κ1) is 16.3. The van der Waals surface area contributed by atoms with Crippen molar-refractivity contribution in [1.29, 1.82) is 0 Å². The minimum Gasteiger partial charge on any atom is -0.497 e. The molecule has 1 atom stereocenters. The molecule has 0 saturated heterocycles. The first-order valence-electron chi connectivity index (χ1n) is 8.69. The third-order valence-corrected chi connectivity index (χ3v) is 4.59. The molecular weight excluding hydrogens is 326 g/mol. The van der Waals surface area contributed by atoms with Crippen molar-refractivity contribution in [3.8, 4) is 23.0 Å². The van der Waals surface area contributed by atoms with E-state index < -0.39 is 0 Å². The Bertz CT molecular complexity index is 909. The van der Waals surface area contributed by atoms with Crippen LogP contribution in [0, 0.1) is 0 Å². The highest BCUT2D eigenvalue weighted by Gasteiger charge is 2.21. The maximum atomic E-state index is 6.18. The molecule has 26 heavy (non-hydrogen) atoms. The number of fused-ring (bicyclic) bond motifs is 1. The third kappa shape index (κ3) is 3.31. The third-order valence-electron chi connectivity index (χ3n) is 4.59. The van der Waals surface area contributed by atoms with Crippen molar-refractivity contribution in [3.05, 3.63) is 77.9 Å². The van der Waals surface area contributed by atoms with Crippen molar-refractivity contribution in [2.75, 3.05) is 12.8 Å². The Hall–Kier alpha value is -3.14. The number of hydrogen-bond donors (Lipinski definition) is 1. The number of anilines is 1. The van der Waals surface area contributed by atoms with Gasteiger partial charge in [-0.25, -0.2) is 0 Å². The number of hydrogen-bond acceptors (Lipinski definition) is 4. The molecule has 0 saturated carbocycles. The minimum absolute atomic E-state index is 0.104. The molecular formula is C22H21NO3. The molecule has 4 heteroatoms. The van der Waals surface area contributed by atoms with Crippen molar-refractivity contribution in [1.82, 2.24) is 0 Å². The number of rotatable bonds is 4. The van der Waals surface area contributed by atoms with E-state index in [-0.39, 0.29) is 6.10 Å². The molecule has 1 heterocycles. The van der Waals surface area contributed by atoms with Crippen LogP contribution in [0.2, 0.25) is 0 Å². The van der Waals surface area contributed by atoms with Gasteiger partial charge < -0.3 is 19.9 Å². The number of benzene rings is 3. The van der Waals surface area contributed by atoms with Crippen molar-refractivity contribution in [3.63, 3.8) is 0 Å². The fraction of sp³-hybridized carbons (Fsp3) is 0.182. The van der Waals surface area contributed by atoms with E-state index in [0.717, 1.165) is 29.9 Å². The van der Waals surface area contributed by atoms with Gasteiger partial charge in [-0.3, -0.25) is 0 Å². The molecule has 1 unspecified atom stereocenters. The summed E-state index contributed by atoms with van der Waals surface area (Å²) < 4.78 is 17.3. The summed E-state index contributed by atoms with van der Waals surface area (Å²) in [6, 6.07) is 21.6. The van der Waals surface area contributed by atoms with Crippen LogP contribution >= 0.6 is 0 Å². The lowest BCUT2D eigenvalue weighted by Gasteiger charge is -2.26. The molecule has 3 aromatic carbocycles. The van der Waals surface area contributed by atoms with E-state index in [4.69, 9.17) is 19.9 Å². The number of nitrogens with two attached hydrogens (primary N) is 1. The van der Waals surface area contributed by atoms with E-state index >= 15 is 0 Å². The van der Waals surface area contributed by atoms with Crippen LogP contribution in [-0.4, -0.2) is 7.11 Å². The molecule has 2 N–H and O–H groups in total. The molecule has 0 spiro atoms. The van der Waals surface area contributed by atoms with Crippen LogP contribution in [0.3, 0.4) is 0 Å². The number of ether oxygens (including phenoxy) is 3. The van der Waals surface area contributed by atoms with Gasteiger partial charge in [-0.2, -0.15) is 0 Å². The van der Waals surface area contributed by atoms with E-state index in [1.54, 1.807) is 13.2 Å². The fourth-order valence-corrected chi connectivity index (χ4v) is 3.20. The summed E-state index contributed by atoms with van der Waals surface area (Å²) in [6.07, 6.45) is 2.00. The molecule has 1 aliphatic rings. The molecule has 3 aromatic rings. The molecule has 1 aliphatic heterocycles. The minimum atomic E-state index is 0.104. The van der Waals surface area contributed by atoms with E-state index in [9.17, 15) is 0 Å². The Balaban J connectivity index is 1.52. The summed E-state index contributed by atoms with van der Waals surface area (Å²) in [4.78, 5) is 0. The molecule has 4 nitrogen and oxygen atoms in total. The molecule has 0 fully saturated rings. The van der Waals surface area contributed by atoms with Crippen LogP contribution in [0.5, 0.6) is 23.0 Å². The highest BCUT2D eigenvalue weighted by atomic mass is 16.5. The Morgan fingerprint density at radius 2 is 1.77 bits per heavy atom. The second-order valence-electron chi connectivity index (χ2n) is 6.33. The average Bonchev–Trinajstić information content (AvgIpc) is 2.69. The smallest absolute Gasteiger partial charge is 0.150 e. The van der Waals surface area contributed by atoms with Crippen molar-refractivity contribution >= 4 is 5.69 Å². The average molecular weight is 347 g/mol. The Morgan fingerprint density at radius 1 is 0.962 bits per heavy atom. The normalized spacial score (nSPS) is 15.7. The maximum absolute atomic E-state index is 6.18. The monoisotopic (exact) mass is 347 g/mol. The Kier molecular flexibility index (Phi) is 4.40. The molecule has 0 bridgehead atoms. The van der Waals surface area contributed by atoms with Gasteiger partial charge in [0.1, 0.15) is 23.4 Å². The standard InChI is InChI=1S/C22H21NO3/c1-24-17-8-12-22(19(23)14-17)25-18-9-11-21-16(13-18)7-10-20(26-21)15-5-3-2-4-6-15/h2-6,8-9,11-14,20H,7,10,23H2,1H3. The lowest BCUT2D eigenvalue weighted by Crippen LogP contribution is -2.15. The van der Waals surface area contributed by atoms with Crippen LogP contribution in [0.4, 0.5) is 5.69 Å². The van der Waals surface area contributed by atoms with Crippen LogP contribution in [-0.2, 0) is 6.42 Å². The highest BCUT2D eigenvalue weighted by Crippen LogP contribution is 2.38. The highest BCUT2D eigenvalue weighted by molar-refractivity contribution is 5.57. The topological polar surface area (TPSA) is 53.7 Å². The lowest BCUT2D eigenvalue weighted by atomic mass is 9.97.